The Bertz CT molecular complexity index is 445. The first-order chi connectivity index (χ1) is 7.77. The van der Waals surface area contributed by atoms with Crippen LogP contribution in [-0.4, -0.2) is 24.3 Å². The van der Waals surface area contributed by atoms with Gasteiger partial charge in [-0.25, -0.2) is 0 Å². The molecule has 16 heavy (non-hydrogen) atoms. The minimum atomic E-state index is -0.165. The highest BCUT2D eigenvalue weighted by atomic mass is 16.3. The van der Waals surface area contributed by atoms with Gasteiger partial charge in [0.25, 0.3) is 0 Å². The van der Waals surface area contributed by atoms with Crippen LogP contribution in [0.4, 0.5) is 5.69 Å². The summed E-state index contributed by atoms with van der Waals surface area (Å²) in [4.78, 5) is 2.21. The molecule has 0 aromatic heterocycles. The molecule has 3 heteroatoms. The van der Waals surface area contributed by atoms with E-state index in [1.54, 1.807) is 0 Å². The Morgan fingerprint density at radius 2 is 2.19 bits per heavy atom. The Balaban J connectivity index is 2.14. The second-order valence-electron chi connectivity index (χ2n) is 3.94. The van der Waals surface area contributed by atoms with E-state index in [1.165, 1.54) is 5.69 Å². The molecular weight excluding hydrogens is 200 g/mol. The van der Waals surface area contributed by atoms with Crippen LogP contribution in [0.1, 0.15) is 6.92 Å². The molecule has 1 aliphatic heterocycles. The maximum atomic E-state index is 9.03. The number of aliphatic hydroxyl groups excluding tert-OH is 1. The quantitative estimate of drug-likeness (QED) is 0.615. The Hall–Kier alpha value is -1.79. The summed E-state index contributed by atoms with van der Waals surface area (Å²) in [5.41, 5.74) is 2.64. The van der Waals surface area contributed by atoms with Crippen molar-refractivity contribution in [3.63, 3.8) is 0 Å². The number of para-hydroxylation sites is 1. The van der Waals surface area contributed by atoms with Gasteiger partial charge < -0.3 is 10.0 Å². The molecule has 1 atom stereocenters. The van der Waals surface area contributed by atoms with Gasteiger partial charge in [-0.2, -0.15) is 5.26 Å². The summed E-state index contributed by atoms with van der Waals surface area (Å²) >= 11 is 0. The van der Waals surface area contributed by atoms with Gasteiger partial charge in [0, 0.05) is 12.2 Å². The molecule has 1 unspecified atom stereocenters. The zero-order chi connectivity index (χ0) is 11.5. The highest BCUT2D eigenvalue weighted by Crippen LogP contribution is 2.32. The summed E-state index contributed by atoms with van der Waals surface area (Å²) in [7, 11) is 0. The molecule has 1 aliphatic rings. The molecule has 0 aliphatic carbocycles. The lowest BCUT2D eigenvalue weighted by Gasteiger charge is -2.06. The lowest BCUT2D eigenvalue weighted by molar-refractivity contribution is 0.334. The summed E-state index contributed by atoms with van der Waals surface area (Å²) < 4.78 is 0. The number of benzene rings is 1. The molecule has 0 radical (unpaired) electrons. The van der Waals surface area contributed by atoms with Gasteiger partial charge in [0.15, 0.2) is 0 Å². The topological polar surface area (TPSA) is 47.0 Å². The number of anilines is 1. The molecule has 1 heterocycles. The molecule has 1 aromatic rings. The van der Waals surface area contributed by atoms with E-state index in [9.17, 15) is 0 Å². The lowest BCUT2D eigenvalue weighted by atomic mass is 10.1. The van der Waals surface area contributed by atoms with Crippen LogP contribution in [0.15, 0.2) is 41.5 Å². The second-order valence-corrected chi connectivity index (χ2v) is 3.94. The molecule has 0 saturated carbocycles. The molecule has 82 valence electrons. The molecule has 1 fully saturated rings. The van der Waals surface area contributed by atoms with E-state index in [2.05, 4.69) is 17.0 Å². The predicted molar refractivity (Wildman–Crippen MR) is 63.0 cm³/mol. The summed E-state index contributed by atoms with van der Waals surface area (Å²) in [5, 5.41) is 17.9. The van der Waals surface area contributed by atoms with Gasteiger partial charge in [0.05, 0.1) is 24.3 Å². The first-order valence-corrected chi connectivity index (χ1v) is 5.30. The molecule has 2 rings (SSSR count). The van der Waals surface area contributed by atoms with Crippen molar-refractivity contribution >= 4 is 5.69 Å². The maximum absolute atomic E-state index is 9.03. The van der Waals surface area contributed by atoms with Gasteiger partial charge >= 0.3 is 0 Å². The first-order valence-electron chi connectivity index (χ1n) is 5.30. The number of nitrogens with zero attached hydrogens (tertiary/aromatic N) is 2. The van der Waals surface area contributed by atoms with Crippen molar-refractivity contribution in [1.29, 1.82) is 5.26 Å². The van der Waals surface area contributed by atoms with Crippen LogP contribution in [0.2, 0.25) is 0 Å². The standard InChI is InChI=1S/C13H14N2O/c1-10(11(7-14)9-16)13-8-15(13)12-5-3-2-4-6-12/h2-6,13,16H,8-9H2,1H3/b11-10-. The van der Waals surface area contributed by atoms with Crippen molar-refractivity contribution in [2.45, 2.75) is 13.0 Å². The van der Waals surface area contributed by atoms with Crippen LogP contribution in [0.25, 0.3) is 0 Å². The van der Waals surface area contributed by atoms with E-state index < -0.39 is 0 Å². The molecule has 1 N–H and O–H groups in total. The fraction of sp³-hybridized carbons (Fsp3) is 0.308. The normalized spacial score (nSPS) is 20.1. The third-order valence-corrected chi connectivity index (χ3v) is 2.97. The number of aliphatic hydroxyl groups is 1. The van der Waals surface area contributed by atoms with E-state index in [4.69, 9.17) is 10.4 Å². The first kappa shape index (κ1) is 10.7. The Labute approximate surface area is 95.2 Å². The third-order valence-electron chi connectivity index (χ3n) is 2.97. The summed E-state index contributed by atoms with van der Waals surface area (Å²) in [5.74, 6) is 0. The van der Waals surface area contributed by atoms with Gasteiger partial charge in [-0.05, 0) is 24.6 Å². The van der Waals surface area contributed by atoms with Crippen LogP contribution < -0.4 is 4.90 Å². The SMILES string of the molecule is C/C(=C(\C#N)CO)C1CN1c1ccccc1. The highest BCUT2D eigenvalue weighted by molar-refractivity contribution is 5.58. The molecule has 0 spiro atoms. The number of rotatable bonds is 3. The van der Waals surface area contributed by atoms with Crippen molar-refractivity contribution in [2.24, 2.45) is 0 Å². The Kier molecular flexibility index (Phi) is 2.93. The van der Waals surface area contributed by atoms with E-state index >= 15 is 0 Å². The fourth-order valence-corrected chi connectivity index (χ4v) is 1.86. The minimum Gasteiger partial charge on any atom is -0.391 e. The predicted octanol–water partition coefficient (Wildman–Crippen LogP) is 1.71. The van der Waals surface area contributed by atoms with Crippen LogP contribution in [0.3, 0.4) is 0 Å². The largest absolute Gasteiger partial charge is 0.391 e. The third kappa shape index (κ3) is 1.93. The zero-order valence-electron chi connectivity index (χ0n) is 9.22. The van der Waals surface area contributed by atoms with Crippen molar-refractivity contribution in [3.05, 3.63) is 41.5 Å². The number of nitriles is 1. The molecule has 1 saturated heterocycles. The smallest absolute Gasteiger partial charge is 0.0971 e. The highest BCUT2D eigenvalue weighted by Gasteiger charge is 2.36. The second kappa shape index (κ2) is 4.38. The van der Waals surface area contributed by atoms with E-state index in [0.29, 0.717) is 5.57 Å². The van der Waals surface area contributed by atoms with Gasteiger partial charge in [-0.1, -0.05) is 18.2 Å². The number of hydrogen-bond acceptors (Lipinski definition) is 3. The van der Waals surface area contributed by atoms with Crippen LogP contribution in [0, 0.1) is 11.3 Å². The minimum absolute atomic E-state index is 0.165. The molecular formula is C13H14N2O. The summed E-state index contributed by atoms with van der Waals surface area (Å²) in [6.45, 7) is 2.69. The zero-order valence-corrected chi connectivity index (χ0v) is 9.22. The molecule has 0 bridgehead atoms. The van der Waals surface area contributed by atoms with E-state index in [1.807, 2.05) is 31.2 Å². The average Bonchev–Trinajstić information content (AvgIpc) is 3.11. The molecule has 1 aromatic carbocycles. The average molecular weight is 214 g/mol. The summed E-state index contributed by atoms with van der Waals surface area (Å²) in [6, 6.07) is 12.4. The van der Waals surface area contributed by atoms with Gasteiger partial charge in [-0.3, -0.25) is 0 Å². The van der Waals surface area contributed by atoms with Gasteiger partial charge in [-0.15, -0.1) is 0 Å². The molecule has 3 nitrogen and oxygen atoms in total. The van der Waals surface area contributed by atoms with Crippen molar-refractivity contribution in [2.75, 3.05) is 18.1 Å². The lowest BCUT2D eigenvalue weighted by Crippen LogP contribution is -2.04. The fourth-order valence-electron chi connectivity index (χ4n) is 1.86. The number of hydrogen-bond donors (Lipinski definition) is 1. The molecule has 0 amide bonds. The van der Waals surface area contributed by atoms with Crippen LogP contribution in [-0.2, 0) is 0 Å². The summed E-state index contributed by atoms with van der Waals surface area (Å²) in [6.07, 6.45) is 0. The van der Waals surface area contributed by atoms with Crippen LogP contribution >= 0.6 is 0 Å². The van der Waals surface area contributed by atoms with Crippen molar-refractivity contribution in [1.82, 2.24) is 0 Å². The van der Waals surface area contributed by atoms with Crippen molar-refractivity contribution in [3.8, 4) is 6.07 Å². The van der Waals surface area contributed by atoms with Gasteiger partial charge in [0.1, 0.15) is 0 Å². The van der Waals surface area contributed by atoms with E-state index in [-0.39, 0.29) is 12.6 Å². The Morgan fingerprint density at radius 1 is 1.50 bits per heavy atom. The van der Waals surface area contributed by atoms with Crippen LogP contribution in [0.5, 0.6) is 0 Å². The Morgan fingerprint density at radius 3 is 2.75 bits per heavy atom. The van der Waals surface area contributed by atoms with E-state index in [0.717, 1.165) is 12.1 Å². The van der Waals surface area contributed by atoms with Gasteiger partial charge in [0.2, 0.25) is 0 Å². The van der Waals surface area contributed by atoms with Crippen molar-refractivity contribution < 1.29 is 5.11 Å². The maximum Gasteiger partial charge on any atom is 0.0971 e. The monoisotopic (exact) mass is 214 g/mol.